The molecule has 13 nitrogen and oxygen atoms in total. The fraction of sp³-hybridized carbons (Fsp3) is 0.242. The molecule has 12 aromatic rings. The highest BCUT2D eigenvalue weighted by molar-refractivity contribution is 9.08. The number of alkyl halides is 1. The maximum atomic E-state index is 8.81. The van der Waals surface area contributed by atoms with E-state index in [-0.39, 0.29) is 0 Å². The minimum atomic E-state index is -0.500. The number of nitro groups is 2. The van der Waals surface area contributed by atoms with E-state index in [1.165, 1.54) is 91.4 Å². The monoisotopic (exact) mass is 1300 g/mol. The van der Waals surface area contributed by atoms with Gasteiger partial charge in [-0.3, -0.25) is 20.2 Å². The van der Waals surface area contributed by atoms with Crippen LogP contribution < -0.4 is 9.80 Å². The number of aryl methyl sites for hydroxylation is 9. The molecule has 85 heavy (non-hydrogen) atoms. The van der Waals surface area contributed by atoms with Crippen molar-refractivity contribution in [1.29, 1.82) is 0 Å². The van der Waals surface area contributed by atoms with Gasteiger partial charge in [0.15, 0.2) is 30.1 Å². The molecule has 19 heteroatoms. The number of anilines is 2. The van der Waals surface area contributed by atoms with Crippen LogP contribution in [0.3, 0.4) is 0 Å². The van der Waals surface area contributed by atoms with Crippen molar-refractivity contribution in [3.8, 4) is 42.5 Å². The molecule has 0 bridgehead atoms. The molecule has 7 aromatic carbocycles. The van der Waals surface area contributed by atoms with E-state index in [4.69, 9.17) is 51.2 Å². The molecule has 0 aliphatic rings. The number of halogens is 2. The summed E-state index contributed by atoms with van der Waals surface area (Å²) in [5.41, 5.74) is 21.6. The molecule has 442 valence electrons. The smallest absolute Gasteiger partial charge is 0.194 e. The highest BCUT2D eigenvalue weighted by atomic mass is 79.9. The van der Waals surface area contributed by atoms with E-state index in [2.05, 4.69) is 236 Å². The second kappa shape index (κ2) is 30.6. The minimum Gasteiger partial charge on any atom is -0.442 e. The number of aromatic nitrogens is 4. The third-order valence-electron chi connectivity index (χ3n) is 13.1. The summed E-state index contributed by atoms with van der Waals surface area (Å²) in [6.07, 6.45) is 0. The molecule has 0 aliphatic carbocycles. The Balaban J connectivity index is 0.000000172. The number of rotatable bonds is 6. The van der Waals surface area contributed by atoms with Gasteiger partial charge in [-0.1, -0.05) is 94.8 Å². The van der Waals surface area contributed by atoms with Gasteiger partial charge in [0.2, 0.25) is 0 Å². The third kappa shape index (κ3) is 17.4. The molecule has 5 heterocycles. The molecule has 0 N–H and O–H groups in total. The number of benzene rings is 7. The van der Waals surface area contributed by atoms with Gasteiger partial charge in [-0.05, 0) is 184 Å². The van der Waals surface area contributed by atoms with Crippen molar-refractivity contribution >= 4 is 125 Å². The zero-order valence-electron chi connectivity index (χ0n) is 50.7. The Morgan fingerprint density at radius 1 is 0.412 bits per heavy atom. The first kappa shape index (κ1) is 66.7. The lowest BCUT2D eigenvalue weighted by molar-refractivity contribution is -0.445. The van der Waals surface area contributed by atoms with Crippen LogP contribution in [0.25, 0.3) is 83.3 Å². The lowest BCUT2D eigenvalue weighted by atomic mass is 10.1. The first-order valence-electron chi connectivity index (χ1n) is 26.8. The fourth-order valence-electron chi connectivity index (χ4n) is 8.55. The van der Waals surface area contributed by atoms with Gasteiger partial charge in [-0.25, -0.2) is 19.9 Å². The summed E-state index contributed by atoms with van der Waals surface area (Å²) in [5.74, 6) is 2.59. The molecule has 0 fully saturated rings. The van der Waals surface area contributed by atoms with Crippen LogP contribution in [0.15, 0.2) is 138 Å². The van der Waals surface area contributed by atoms with E-state index in [9.17, 15) is 0 Å². The second-order valence-electron chi connectivity index (χ2n) is 20.3. The van der Waals surface area contributed by atoms with Gasteiger partial charge in [0.05, 0.1) is 40.9 Å². The predicted molar refractivity (Wildman–Crippen MR) is 369 cm³/mol. The van der Waals surface area contributed by atoms with Crippen LogP contribution in [0, 0.1) is 82.5 Å². The standard InChI is InChI=1S/2C17H18N2S.C15H13NS.C14H12ClNOS.CH3Br.2CH3NO2/c2*1-11-5-6-12(2)16-15(11)18-17(20-16)13-7-9-14(10-8-13)19(3)4;1-10-8-9-11(2)14-13(10)16-15(17-14)12-6-4-3-5-7-12;1-7-4-5-8(2)13-11(7)16-14(18-13)12-9(3)6-10(15)17-12;1-2;2*1-2(3)4/h2*5-10H,1-4H3;3-9H,1-2H3;4-6H,1-3H3;1H3;2*1H3. The highest BCUT2D eigenvalue weighted by Gasteiger charge is 2.17. The van der Waals surface area contributed by atoms with E-state index in [0.717, 1.165) is 67.5 Å². The zero-order chi connectivity index (χ0) is 62.4. The average molecular weight is 1300 g/mol. The molecule has 0 amide bonds. The van der Waals surface area contributed by atoms with Crippen molar-refractivity contribution in [3.63, 3.8) is 0 Å². The molecule has 0 spiro atoms. The Labute approximate surface area is 527 Å². The van der Waals surface area contributed by atoms with Gasteiger partial charge in [-0.2, -0.15) is 0 Å². The van der Waals surface area contributed by atoms with Crippen molar-refractivity contribution in [1.82, 2.24) is 19.9 Å². The van der Waals surface area contributed by atoms with Gasteiger partial charge < -0.3 is 14.2 Å². The van der Waals surface area contributed by atoms with Gasteiger partial charge in [0, 0.05) is 66.1 Å². The van der Waals surface area contributed by atoms with Crippen LogP contribution in [0.2, 0.25) is 5.22 Å². The van der Waals surface area contributed by atoms with Crippen molar-refractivity contribution in [2.24, 2.45) is 0 Å². The molecule has 12 rings (SSSR count). The van der Waals surface area contributed by atoms with Crippen molar-refractivity contribution in [3.05, 3.63) is 209 Å². The Hall–Kier alpha value is -7.45. The molecule has 0 unspecified atom stereocenters. The molecule has 5 aromatic heterocycles. The van der Waals surface area contributed by atoms with Gasteiger partial charge in [0.25, 0.3) is 0 Å². The van der Waals surface area contributed by atoms with Crippen LogP contribution in [0.1, 0.15) is 50.1 Å². The first-order valence-corrected chi connectivity index (χ1v) is 32.0. The maximum Gasteiger partial charge on any atom is 0.194 e. The second-order valence-corrected chi connectivity index (χ2v) is 24.6. The summed E-state index contributed by atoms with van der Waals surface area (Å²) >= 11 is 15.8. The number of nitrogens with zero attached hydrogens (tertiary/aromatic N) is 8. The summed E-state index contributed by atoms with van der Waals surface area (Å²) < 4.78 is 10.7. The number of furan rings is 1. The third-order valence-corrected chi connectivity index (χ3v) is 18.2. The lowest BCUT2D eigenvalue weighted by Gasteiger charge is -2.11. The molecule has 0 saturated heterocycles. The Morgan fingerprint density at radius 2 is 0.671 bits per heavy atom. The Bertz CT molecular complexity index is 3900. The van der Waals surface area contributed by atoms with Crippen LogP contribution in [-0.2, 0) is 0 Å². The first-order chi connectivity index (χ1) is 40.4. The van der Waals surface area contributed by atoms with E-state index in [1.54, 1.807) is 45.3 Å². The van der Waals surface area contributed by atoms with Crippen LogP contribution in [0.5, 0.6) is 0 Å². The largest absolute Gasteiger partial charge is 0.442 e. The zero-order valence-corrected chi connectivity index (χ0v) is 56.3. The number of hydrogen-bond acceptors (Lipinski definition) is 15. The Kier molecular flexibility index (Phi) is 24.0. The predicted octanol–water partition coefficient (Wildman–Crippen LogP) is 19.8. The van der Waals surface area contributed by atoms with Crippen LogP contribution in [-0.4, -0.2) is 77.9 Å². The fourth-order valence-corrected chi connectivity index (χ4v) is 13.3. The van der Waals surface area contributed by atoms with Crippen molar-refractivity contribution in [2.75, 3.05) is 57.9 Å². The molecule has 0 atom stereocenters. The molecular weight excluding hydrogens is 1230 g/mol. The number of hydrogen-bond donors (Lipinski definition) is 0. The SMILES string of the molecule is CBr.C[N+](=O)[O-].C[N+](=O)[O-].Cc1cc(Cl)oc1-c1nc2c(C)ccc(C)c2s1.Cc1ccc(C)c2sc(-c3ccc(N(C)C)cc3)nc12.Cc1ccc(C)c2sc(-c3ccc(N(C)C)cc3)nc12.Cc1ccc(C)c2sc(-c3ccccc3)nc12. The van der Waals surface area contributed by atoms with Crippen LogP contribution >= 0.6 is 72.9 Å². The number of fused-ring (bicyclic) bond motifs is 4. The van der Waals surface area contributed by atoms with Gasteiger partial charge >= 0.3 is 0 Å². The summed E-state index contributed by atoms with van der Waals surface area (Å²) in [6.45, 7) is 19.0. The van der Waals surface area contributed by atoms with Crippen molar-refractivity contribution < 1.29 is 14.3 Å². The lowest BCUT2D eigenvalue weighted by Crippen LogP contribution is -2.07. The summed E-state index contributed by atoms with van der Waals surface area (Å²) in [4.78, 5) is 39.9. The topological polar surface area (TPSA) is 157 Å². The molecule has 0 saturated carbocycles. The summed E-state index contributed by atoms with van der Waals surface area (Å²) in [5, 5.41) is 22.2. The quantitative estimate of drug-likeness (QED) is 0.0886. The maximum absolute atomic E-state index is 8.81. The van der Waals surface area contributed by atoms with Crippen LogP contribution in [0.4, 0.5) is 11.4 Å². The summed E-state index contributed by atoms with van der Waals surface area (Å²) in [7, 11) is 10.00. The minimum absolute atomic E-state index is 0.412. The van der Waals surface area contributed by atoms with Crippen molar-refractivity contribution in [2.45, 2.75) is 62.3 Å². The average Bonchev–Trinajstić information content (AvgIpc) is 2.98. The number of thiazole rings is 4. The molecule has 0 radical (unpaired) electrons. The van der Waals surface area contributed by atoms with Gasteiger partial charge in [-0.15, -0.1) is 45.3 Å². The summed E-state index contributed by atoms with van der Waals surface area (Å²) in [6, 6.07) is 46.6. The van der Waals surface area contributed by atoms with E-state index >= 15 is 0 Å². The molecule has 0 aliphatic heterocycles. The van der Waals surface area contributed by atoms with Gasteiger partial charge in [0.1, 0.15) is 15.0 Å². The van der Waals surface area contributed by atoms with E-state index < -0.39 is 9.85 Å². The van der Waals surface area contributed by atoms with E-state index in [0.29, 0.717) is 5.22 Å². The normalized spacial score (nSPS) is 10.4. The Morgan fingerprint density at radius 3 is 0.929 bits per heavy atom. The van der Waals surface area contributed by atoms with E-state index in [1.807, 2.05) is 24.9 Å². The molecular formula is C66H70BrClN8O5S4. The highest BCUT2D eigenvalue weighted by Crippen LogP contribution is 2.39.